The van der Waals surface area contributed by atoms with Crippen LogP contribution in [-0.4, -0.2) is 14.3 Å². The van der Waals surface area contributed by atoms with Crippen LogP contribution in [0.2, 0.25) is 0 Å². The summed E-state index contributed by atoms with van der Waals surface area (Å²) in [4.78, 5) is 0. The molecule has 0 spiro atoms. The average molecular weight is 223 g/mol. The molecule has 0 saturated heterocycles. The van der Waals surface area contributed by atoms with Gasteiger partial charge in [0.25, 0.3) is 0 Å². The van der Waals surface area contributed by atoms with Crippen LogP contribution in [0.5, 0.6) is 0 Å². The molecule has 1 aromatic carbocycles. The topological polar surface area (TPSA) is 22.8 Å². The van der Waals surface area contributed by atoms with Crippen LogP contribution in [0.4, 0.5) is 0 Å². The van der Waals surface area contributed by atoms with E-state index in [4.69, 9.17) is 0 Å². The highest BCUT2D eigenvalue weighted by atomic mass is 15.3. The quantitative estimate of drug-likeness (QED) is 0.669. The molecule has 17 heavy (non-hydrogen) atoms. The Hall–Kier alpha value is -2.29. The van der Waals surface area contributed by atoms with Crippen molar-refractivity contribution in [2.24, 2.45) is 0 Å². The van der Waals surface area contributed by atoms with E-state index in [-0.39, 0.29) is 0 Å². The predicted molar refractivity (Wildman–Crippen MR) is 67.1 cm³/mol. The Balaban J connectivity index is 1.84. The Bertz CT molecular complexity index is 579. The molecular weight excluding hydrogens is 210 g/mol. The fourth-order valence-corrected chi connectivity index (χ4v) is 1.83. The Morgan fingerprint density at radius 3 is 2.35 bits per heavy atom. The molecule has 0 aliphatic carbocycles. The first-order valence-electron chi connectivity index (χ1n) is 5.62. The van der Waals surface area contributed by atoms with Crippen LogP contribution >= 0.6 is 0 Å². The summed E-state index contributed by atoms with van der Waals surface area (Å²) < 4.78 is 4.01. The van der Waals surface area contributed by atoms with Crippen molar-refractivity contribution in [3.63, 3.8) is 0 Å². The van der Waals surface area contributed by atoms with Crippen LogP contribution in [0.25, 0.3) is 5.69 Å². The number of benzene rings is 1. The van der Waals surface area contributed by atoms with Crippen molar-refractivity contribution < 1.29 is 0 Å². The van der Waals surface area contributed by atoms with Crippen molar-refractivity contribution in [2.45, 2.75) is 6.54 Å². The molecule has 0 aliphatic heterocycles. The lowest BCUT2D eigenvalue weighted by atomic mass is 10.3. The van der Waals surface area contributed by atoms with Gasteiger partial charge in [-0.1, -0.05) is 18.2 Å². The molecule has 3 aromatic rings. The molecule has 84 valence electrons. The van der Waals surface area contributed by atoms with Crippen LogP contribution < -0.4 is 0 Å². The molecule has 2 aromatic heterocycles. The lowest BCUT2D eigenvalue weighted by Crippen LogP contribution is -1.99. The minimum Gasteiger partial charge on any atom is -0.348 e. The van der Waals surface area contributed by atoms with E-state index in [2.05, 4.69) is 9.67 Å². The smallest absolute Gasteiger partial charge is 0.0826 e. The van der Waals surface area contributed by atoms with Gasteiger partial charge in [-0.05, 0) is 30.3 Å². The second kappa shape index (κ2) is 4.29. The van der Waals surface area contributed by atoms with Crippen molar-refractivity contribution >= 4 is 0 Å². The maximum absolute atomic E-state index is 4.55. The zero-order valence-electron chi connectivity index (χ0n) is 9.40. The predicted octanol–water partition coefficient (Wildman–Crippen LogP) is 2.72. The van der Waals surface area contributed by atoms with Gasteiger partial charge in [0.15, 0.2) is 0 Å². The first-order valence-corrected chi connectivity index (χ1v) is 5.62. The van der Waals surface area contributed by atoms with Crippen LogP contribution in [0.1, 0.15) is 5.69 Å². The van der Waals surface area contributed by atoms with E-state index in [1.165, 1.54) is 0 Å². The van der Waals surface area contributed by atoms with Crippen LogP contribution in [0.15, 0.2) is 67.1 Å². The molecule has 0 atom stereocenters. The van der Waals surface area contributed by atoms with Crippen molar-refractivity contribution in [2.75, 3.05) is 0 Å². The standard InChI is InChI=1S/C14H13N3/c1-2-6-14(7-3-1)17-11-8-13(15-17)12-16-9-4-5-10-16/h1-11H,12H2. The highest BCUT2D eigenvalue weighted by Crippen LogP contribution is 2.07. The molecule has 0 aliphatic rings. The van der Waals surface area contributed by atoms with E-state index in [1.54, 1.807) is 0 Å². The molecule has 0 radical (unpaired) electrons. The van der Waals surface area contributed by atoms with Crippen molar-refractivity contribution in [1.29, 1.82) is 0 Å². The SMILES string of the molecule is c1ccc(-n2ccc(Cn3cccc3)n2)cc1. The maximum Gasteiger partial charge on any atom is 0.0826 e. The van der Waals surface area contributed by atoms with Gasteiger partial charge in [-0.25, -0.2) is 4.68 Å². The molecule has 3 rings (SSSR count). The normalized spacial score (nSPS) is 10.6. The van der Waals surface area contributed by atoms with Gasteiger partial charge >= 0.3 is 0 Å². The number of para-hydroxylation sites is 1. The van der Waals surface area contributed by atoms with E-state index >= 15 is 0 Å². The number of hydrogen-bond donors (Lipinski definition) is 0. The third kappa shape index (κ3) is 2.13. The molecule has 0 fully saturated rings. The Kier molecular flexibility index (Phi) is 2.50. The minimum atomic E-state index is 0.812. The van der Waals surface area contributed by atoms with Crippen molar-refractivity contribution in [3.05, 3.63) is 72.8 Å². The van der Waals surface area contributed by atoms with Crippen LogP contribution in [0.3, 0.4) is 0 Å². The molecule has 0 N–H and O–H groups in total. The van der Waals surface area contributed by atoms with Gasteiger partial charge in [0.2, 0.25) is 0 Å². The van der Waals surface area contributed by atoms with Gasteiger partial charge in [0.1, 0.15) is 0 Å². The fourth-order valence-electron chi connectivity index (χ4n) is 1.83. The Labute approximate surface area is 99.9 Å². The summed E-state index contributed by atoms with van der Waals surface area (Å²) in [5.41, 5.74) is 2.15. The second-order valence-corrected chi connectivity index (χ2v) is 3.94. The molecule has 0 saturated carbocycles. The number of hydrogen-bond acceptors (Lipinski definition) is 1. The average Bonchev–Trinajstić information content (AvgIpc) is 3.02. The van der Waals surface area contributed by atoms with Crippen molar-refractivity contribution in [1.82, 2.24) is 14.3 Å². The summed E-state index contributed by atoms with van der Waals surface area (Å²) in [6.07, 6.45) is 6.08. The number of aromatic nitrogens is 3. The van der Waals surface area contributed by atoms with Gasteiger partial charge in [0, 0.05) is 18.6 Å². The highest BCUT2D eigenvalue weighted by molar-refractivity contribution is 5.30. The van der Waals surface area contributed by atoms with E-state index < -0.39 is 0 Å². The van der Waals surface area contributed by atoms with Gasteiger partial charge in [0.05, 0.1) is 17.9 Å². The molecular formula is C14H13N3. The summed E-state index contributed by atoms with van der Waals surface area (Å²) >= 11 is 0. The summed E-state index contributed by atoms with van der Waals surface area (Å²) in [5, 5.41) is 4.55. The van der Waals surface area contributed by atoms with Gasteiger partial charge < -0.3 is 4.57 Å². The molecule has 3 nitrogen and oxygen atoms in total. The minimum absolute atomic E-state index is 0.812. The lowest BCUT2D eigenvalue weighted by molar-refractivity contribution is 0.750. The fraction of sp³-hybridized carbons (Fsp3) is 0.0714. The summed E-state index contributed by atoms with van der Waals surface area (Å²) in [6.45, 7) is 0.812. The first-order chi connectivity index (χ1) is 8.42. The molecule has 0 amide bonds. The number of nitrogens with zero attached hydrogens (tertiary/aromatic N) is 3. The van der Waals surface area contributed by atoms with Gasteiger partial charge in [-0.3, -0.25) is 0 Å². The molecule has 2 heterocycles. The zero-order valence-corrected chi connectivity index (χ0v) is 9.40. The maximum atomic E-state index is 4.55. The number of rotatable bonds is 3. The third-order valence-corrected chi connectivity index (χ3v) is 2.68. The highest BCUT2D eigenvalue weighted by Gasteiger charge is 2.00. The molecule has 0 bridgehead atoms. The Morgan fingerprint density at radius 1 is 0.824 bits per heavy atom. The van der Waals surface area contributed by atoms with Gasteiger partial charge in [-0.15, -0.1) is 0 Å². The van der Waals surface area contributed by atoms with E-state index in [1.807, 2.05) is 71.8 Å². The second-order valence-electron chi connectivity index (χ2n) is 3.94. The monoisotopic (exact) mass is 223 g/mol. The van der Waals surface area contributed by atoms with Crippen LogP contribution in [0, 0.1) is 0 Å². The lowest BCUT2D eigenvalue weighted by Gasteiger charge is -2.01. The first kappa shape index (κ1) is 9.90. The summed E-state index contributed by atoms with van der Waals surface area (Å²) in [6, 6.07) is 16.2. The van der Waals surface area contributed by atoms with E-state index in [0.29, 0.717) is 0 Å². The molecule has 0 unspecified atom stereocenters. The van der Waals surface area contributed by atoms with Gasteiger partial charge in [-0.2, -0.15) is 5.10 Å². The van der Waals surface area contributed by atoms with Crippen molar-refractivity contribution in [3.8, 4) is 5.69 Å². The Morgan fingerprint density at radius 2 is 1.59 bits per heavy atom. The van der Waals surface area contributed by atoms with Crippen LogP contribution in [-0.2, 0) is 6.54 Å². The summed E-state index contributed by atoms with van der Waals surface area (Å²) in [5.74, 6) is 0. The summed E-state index contributed by atoms with van der Waals surface area (Å²) in [7, 11) is 0. The largest absolute Gasteiger partial charge is 0.348 e. The van der Waals surface area contributed by atoms with E-state index in [0.717, 1.165) is 17.9 Å². The third-order valence-electron chi connectivity index (χ3n) is 2.68. The zero-order chi connectivity index (χ0) is 11.5. The molecule has 3 heteroatoms. The van der Waals surface area contributed by atoms with E-state index in [9.17, 15) is 0 Å².